The van der Waals surface area contributed by atoms with Crippen LogP contribution in [0.4, 0.5) is 21.8 Å². The molecule has 0 aliphatic rings. The minimum atomic E-state index is -0.579. The molecule has 0 amide bonds. The summed E-state index contributed by atoms with van der Waals surface area (Å²) < 4.78 is 19.0. The van der Waals surface area contributed by atoms with E-state index in [1.165, 1.54) is 17.8 Å². The van der Waals surface area contributed by atoms with Crippen LogP contribution in [0.2, 0.25) is 0 Å². The highest BCUT2D eigenvalue weighted by atomic mass is 19.1. The predicted octanol–water partition coefficient (Wildman–Crippen LogP) is 5.01. The summed E-state index contributed by atoms with van der Waals surface area (Å²) in [5.41, 5.74) is 8.89. The average molecular weight is 475 g/mol. The lowest BCUT2D eigenvalue weighted by Crippen LogP contribution is -2.11. The molecule has 0 unspecified atom stereocenters. The zero-order chi connectivity index (χ0) is 25.0. The lowest BCUT2D eigenvalue weighted by atomic mass is 10.0. The van der Waals surface area contributed by atoms with E-state index in [0.29, 0.717) is 11.3 Å². The Bertz CT molecular complexity index is 1240. The normalized spacial score (nSPS) is 10.1. The molecule has 0 aliphatic heterocycles. The van der Waals surface area contributed by atoms with Crippen LogP contribution in [0.15, 0.2) is 85.1 Å². The van der Waals surface area contributed by atoms with Crippen LogP contribution < -0.4 is 11.1 Å². The number of nitrogens with two attached hydrogens (primary N) is 1. The first-order valence-electron chi connectivity index (χ1n) is 11.1. The number of aliphatic hydroxyl groups excluding tert-OH is 1. The summed E-state index contributed by atoms with van der Waals surface area (Å²) in [6.45, 7) is 2.17. The second-order valence-electron chi connectivity index (χ2n) is 7.36. The van der Waals surface area contributed by atoms with Gasteiger partial charge in [-0.25, -0.2) is 14.2 Å². The van der Waals surface area contributed by atoms with Crippen LogP contribution in [0.3, 0.4) is 0 Å². The van der Waals surface area contributed by atoms with Gasteiger partial charge >= 0.3 is 5.97 Å². The van der Waals surface area contributed by atoms with Crippen LogP contribution in [0.1, 0.15) is 22.8 Å². The minimum absolute atomic E-state index is 0.00587. The van der Waals surface area contributed by atoms with Crippen molar-refractivity contribution in [2.24, 2.45) is 0 Å². The van der Waals surface area contributed by atoms with E-state index in [1.54, 1.807) is 19.1 Å². The van der Waals surface area contributed by atoms with Crippen molar-refractivity contribution in [2.45, 2.75) is 13.3 Å². The van der Waals surface area contributed by atoms with E-state index in [1.807, 2.05) is 60.7 Å². The van der Waals surface area contributed by atoms with Gasteiger partial charge in [0.1, 0.15) is 17.2 Å². The Morgan fingerprint density at radius 2 is 1.74 bits per heavy atom. The maximum absolute atomic E-state index is 14.1. The number of halogens is 1. The van der Waals surface area contributed by atoms with Crippen LogP contribution in [-0.2, 0) is 11.2 Å². The summed E-state index contributed by atoms with van der Waals surface area (Å²) in [5.74, 6) is -0.711. The van der Waals surface area contributed by atoms with Gasteiger partial charge in [0.05, 0.1) is 6.61 Å². The van der Waals surface area contributed by atoms with Gasteiger partial charge in [-0.2, -0.15) is 4.98 Å². The van der Waals surface area contributed by atoms with Crippen molar-refractivity contribution >= 4 is 23.4 Å². The standard InChI is InChI=1S/C19H17FN4O2.C8H10O/c1-2-26-18(25)15-11-22-19(24-17(15)21)23-13-8-9-16(20)14(10-13)12-6-4-3-5-7-12;9-7-6-8-4-2-1-3-5-8/h3-11H,2H2,1H3,(H3,21,22,23,24);1-5,9H,6-7H2. The number of carbonyl (C=O) groups is 1. The zero-order valence-electron chi connectivity index (χ0n) is 19.3. The SMILES string of the molecule is CCOC(=O)c1cnc(Nc2ccc(F)c(-c3ccccc3)c2)nc1N.OCCc1ccccc1. The van der Waals surface area contributed by atoms with Gasteiger partial charge in [-0.15, -0.1) is 0 Å². The first-order valence-corrected chi connectivity index (χ1v) is 11.1. The van der Waals surface area contributed by atoms with E-state index in [0.717, 1.165) is 12.0 Å². The Hall–Kier alpha value is -4.30. The van der Waals surface area contributed by atoms with E-state index >= 15 is 0 Å². The van der Waals surface area contributed by atoms with Crippen molar-refractivity contribution in [2.75, 3.05) is 24.3 Å². The van der Waals surface area contributed by atoms with Crippen LogP contribution in [0, 0.1) is 5.82 Å². The second-order valence-corrected chi connectivity index (χ2v) is 7.36. The lowest BCUT2D eigenvalue weighted by Gasteiger charge is -2.10. The summed E-state index contributed by atoms with van der Waals surface area (Å²) in [7, 11) is 0. The molecule has 4 rings (SSSR count). The van der Waals surface area contributed by atoms with Crippen LogP contribution in [-0.4, -0.2) is 34.3 Å². The number of carbonyl (C=O) groups excluding carboxylic acids is 1. The van der Waals surface area contributed by atoms with E-state index < -0.39 is 5.97 Å². The molecule has 7 nitrogen and oxygen atoms in total. The first-order chi connectivity index (χ1) is 17.0. The van der Waals surface area contributed by atoms with Crippen LogP contribution in [0.5, 0.6) is 0 Å². The number of hydrogen-bond donors (Lipinski definition) is 3. The number of aromatic nitrogens is 2. The Morgan fingerprint density at radius 1 is 1.06 bits per heavy atom. The Morgan fingerprint density at radius 3 is 2.37 bits per heavy atom. The lowest BCUT2D eigenvalue weighted by molar-refractivity contribution is 0.0527. The fourth-order valence-corrected chi connectivity index (χ4v) is 3.17. The molecule has 3 aromatic carbocycles. The van der Waals surface area contributed by atoms with Gasteiger partial charge in [-0.05, 0) is 42.7 Å². The number of ether oxygens (including phenoxy) is 1. The summed E-state index contributed by atoms with van der Waals surface area (Å²) in [5, 5.41) is 11.5. The van der Waals surface area contributed by atoms with Crippen molar-refractivity contribution < 1.29 is 19.0 Å². The quantitative estimate of drug-likeness (QED) is 0.323. The van der Waals surface area contributed by atoms with Crippen LogP contribution in [0.25, 0.3) is 11.1 Å². The molecule has 35 heavy (non-hydrogen) atoms. The summed E-state index contributed by atoms with van der Waals surface area (Å²) >= 11 is 0. The Balaban J connectivity index is 0.000000320. The van der Waals surface area contributed by atoms with E-state index in [4.69, 9.17) is 15.6 Å². The van der Waals surface area contributed by atoms with Gasteiger partial charge in [-0.1, -0.05) is 60.7 Å². The fraction of sp³-hybridized carbons (Fsp3) is 0.148. The van der Waals surface area contributed by atoms with Crippen LogP contribution >= 0.6 is 0 Å². The van der Waals surface area contributed by atoms with Gasteiger partial charge in [0.2, 0.25) is 5.95 Å². The van der Waals surface area contributed by atoms with Gasteiger partial charge in [0.15, 0.2) is 0 Å². The van der Waals surface area contributed by atoms with Gasteiger partial charge < -0.3 is 20.9 Å². The number of esters is 1. The number of anilines is 3. The molecule has 1 heterocycles. The molecule has 180 valence electrons. The molecule has 0 aliphatic carbocycles. The van der Waals surface area contributed by atoms with Gasteiger partial charge in [0, 0.05) is 24.1 Å². The third kappa shape index (κ3) is 7.35. The smallest absolute Gasteiger partial charge is 0.343 e. The Kier molecular flexibility index (Phi) is 9.27. The predicted molar refractivity (Wildman–Crippen MR) is 135 cm³/mol. The molecule has 0 saturated heterocycles. The van der Waals surface area contributed by atoms with Crippen molar-refractivity contribution in [1.82, 2.24) is 9.97 Å². The molecule has 1 aromatic heterocycles. The maximum Gasteiger partial charge on any atom is 0.343 e. The largest absolute Gasteiger partial charge is 0.462 e. The maximum atomic E-state index is 14.1. The number of hydrogen-bond acceptors (Lipinski definition) is 7. The topological polar surface area (TPSA) is 110 Å². The zero-order valence-corrected chi connectivity index (χ0v) is 19.3. The van der Waals surface area contributed by atoms with E-state index in [9.17, 15) is 9.18 Å². The van der Waals surface area contributed by atoms with E-state index in [-0.39, 0.29) is 36.4 Å². The van der Waals surface area contributed by atoms with Crippen molar-refractivity contribution in [3.63, 3.8) is 0 Å². The molecule has 0 atom stereocenters. The van der Waals surface area contributed by atoms with Gasteiger partial charge in [0.25, 0.3) is 0 Å². The monoisotopic (exact) mass is 474 g/mol. The number of aliphatic hydroxyl groups is 1. The average Bonchev–Trinajstić information content (AvgIpc) is 2.87. The highest BCUT2D eigenvalue weighted by molar-refractivity contribution is 5.94. The van der Waals surface area contributed by atoms with Crippen molar-refractivity contribution in [3.05, 3.63) is 102 Å². The third-order valence-corrected chi connectivity index (χ3v) is 4.86. The highest BCUT2D eigenvalue weighted by Crippen LogP contribution is 2.27. The van der Waals surface area contributed by atoms with Crippen molar-refractivity contribution in [3.8, 4) is 11.1 Å². The number of nitrogens with one attached hydrogen (secondary N) is 1. The first kappa shape index (κ1) is 25.3. The Labute approximate surface area is 203 Å². The molecule has 4 aromatic rings. The molecule has 0 radical (unpaired) electrons. The summed E-state index contributed by atoms with van der Waals surface area (Å²) in [6.07, 6.45) is 2.06. The molecule has 0 bridgehead atoms. The number of nitrogens with zero attached hydrogens (tertiary/aromatic N) is 2. The van der Waals surface area contributed by atoms with Gasteiger partial charge in [-0.3, -0.25) is 0 Å². The number of benzene rings is 3. The third-order valence-electron chi connectivity index (χ3n) is 4.86. The number of nitrogen functional groups attached to an aromatic ring is 1. The molecule has 0 fully saturated rings. The molecular weight excluding hydrogens is 447 g/mol. The molecule has 0 spiro atoms. The summed E-state index contributed by atoms with van der Waals surface area (Å²) in [6, 6.07) is 23.7. The molecule has 0 saturated carbocycles. The second kappa shape index (κ2) is 12.8. The minimum Gasteiger partial charge on any atom is -0.462 e. The fourth-order valence-electron chi connectivity index (χ4n) is 3.17. The molecule has 4 N–H and O–H groups in total. The molecular formula is C27H27FN4O3. The van der Waals surface area contributed by atoms with E-state index in [2.05, 4.69) is 15.3 Å². The highest BCUT2D eigenvalue weighted by Gasteiger charge is 2.14. The molecule has 8 heteroatoms. The summed E-state index contributed by atoms with van der Waals surface area (Å²) in [4.78, 5) is 19.9. The number of rotatable bonds is 7. The van der Waals surface area contributed by atoms with Crippen molar-refractivity contribution in [1.29, 1.82) is 0 Å².